The highest BCUT2D eigenvalue weighted by Crippen LogP contribution is 2.44. The van der Waals surface area contributed by atoms with Crippen LogP contribution in [0.2, 0.25) is 0 Å². The number of halogens is 3. The first-order chi connectivity index (χ1) is 12.3. The molecule has 0 saturated heterocycles. The van der Waals surface area contributed by atoms with Crippen LogP contribution in [0.1, 0.15) is 22.5 Å². The number of nitrogens with zero attached hydrogens (tertiary/aromatic N) is 2. The van der Waals surface area contributed by atoms with Gasteiger partial charge >= 0.3 is 6.18 Å². The number of phenolic OH excluding ortho intramolecular Hbond substituents is 1. The molecule has 0 aliphatic heterocycles. The molecule has 26 heavy (non-hydrogen) atoms. The van der Waals surface area contributed by atoms with E-state index in [-0.39, 0.29) is 11.3 Å². The molecule has 6 heteroatoms. The first-order valence-corrected chi connectivity index (χ1v) is 7.83. The Morgan fingerprint density at radius 1 is 1.00 bits per heavy atom. The number of rotatable bonds is 2. The second kappa shape index (κ2) is 6.26. The summed E-state index contributed by atoms with van der Waals surface area (Å²) in [5.74, 6) is -1.05. The first-order valence-electron chi connectivity index (χ1n) is 7.83. The van der Waals surface area contributed by atoms with Gasteiger partial charge in [0.1, 0.15) is 17.4 Å². The van der Waals surface area contributed by atoms with Crippen molar-refractivity contribution in [3.8, 4) is 28.6 Å². The average molecular weight is 356 g/mol. The summed E-state index contributed by atoms with van der Waals surface area (Å²) in [6.07, 6.45) is -4.78. The number of hydrogen-bond acceptors (Lipinski definition) is 2. The number of aryl methyl sites for hydroxylation is 2. The Morgan fingerprint density at radius 3 is 2.08 bits per heavy atom. The SMILES string of the molecule is Cc1ccc(C)n1-c1c(-c2ccccc2)cc(C(F)(F)F)c(O)c1C#N. The van der Waals surface area contributed by atoms with E-state index in [1.54, 1.807) is 66.9 Å². The molecule has 0 bridgehead atoms. The second-order valence-electron chi connectivity index (χ2n) is 5.97. The average Bonchev–Trinajstić information content (AvgIpc) is 2.92. The smallest absolute Gasteiger partial charge is 0.420 e. The first kappa shape index (κ1) is 17.6. The summed E-state index contributed by atoms with van der Waals surface area (Å²) >= 11 is 0. The van der Waals surface area contributed by atoms with Crippen molar-refractivity contribution in [2.45, 2.75) is 20.0 Å². The third-order valence-corrected chi connectivity index (χ3v) is 4.27. The van der Waals surface area contributed by atoms with Crippen LogP contribution in [0.3, 0.4) is 0 Å². The molecule has 1 heterocycles. The van der Waals surface area contributed by atoms with Crippen LogP contribution in [0.5, 0.6) is 5.75 Å². The van der Waals surface area contributed by atoms with Gasteiger partial charge in [0.15, 0.2) is 0 Å². The fourth-order valence-corrected chi connectivity index (χ4v) is 3.08. The molecule has 0 aliphatic carbocycles. The van der Waals surface area contributed by atoms with E-state index in [9.17, 15) is 23.5 Å². The number of alkyl halides is 3. The van der Waals surface area contributed by atoms with Crippen LogP contribution in [0.4, 0.5) is 13.2 Å². The summed E-state index contributed by atoms with van der Waals surface area (Å²) in [5, 5.41) is 19.8. The molecule has 0 spiro atoms. The lowest BCUT2D eigenvalue weighted by Gasteiger charge is -2.20. The van der Waals surface area contributed by atoms with Crippen molar-refractivity contribution in [3.05, 3.63) is 71.0 Å². The van der Waals surface area contributed by atoms with Crippen molar-refractivity contribution < 1.29 is 18.3 Å². The molecule has 3 rings (SSSR count). The van der Waals surface area contributed by atoms with Gasteiger partial charge in [-0.15, -0.1) is 0 Å². The Morgan fingerprint density at radius 2 is 1.58 bits per heavy atom. The van der Waals surface area contributed by atoms with Crippen LogP contribution in [-0.4, -0.2) is 9.67 Å². The largest absolute Gasteiger partial charge is 0.506 e. The van der Waals surface area contributed by atoms with Crippen LogP contribution < -0.4 is 0 Å². The van der Waals surface area contributed by atoms with Crippen LogP contribution in [0, 0.1) is 25.2 Å². The van der Waals surface area contributed by atoms with Gasteiger partial charge in [0.05, 0.1) is 11.3 Å². The predicted octanol–water partition coefficient (Wildman–Crippen LogP) is 5.36. The third-order valence-electron chi connectivity index (χ3n) is 4.27. The zero-order valence-electron chi connectivity index (χ0n) is 14.1. The third kappa shape index (κ3) is 2.82. The zero-order chi connectivity index (χ0) is 19.1. The standard InChI is InChI=1S/C20H15F3N2O/c1-12-8-9-13(2)25(12)18-15(14-6-4-3-5-7-14)10-17(20(21,22)23)19(26)16(18)11-24/h3-10,26H,1-2H3. The lowest BCUT2D eigenvalue weighted by atomic mass is 9.95. The minimum atomic E-state index is -4.78. The van der Waals surface area contributed by atoms with Crippen molar-refractivity contribution in [1.29, 1.82) is 5.26 Å². The molecule has 3 nitrogen and oxygen atoms in total. The van der Waals surface area contributed by atoms with Gasteiger partial charge in [-0.1, -0.05) is 30.3 Å². The summed E-state index contributed by atoms with van der Waals surface area (Å²) in [6.45, 7) is 3.58. The fraction of sp³-hybridized carbons (Fsp3) is 0.150. The number of nitriles is 1. The molecular formula is C20H15F3N2O. The van der Waals surface area contributed by atoms with Crippen molar-refractivity contribution in [1.82, 2.24) is 4.57 Å². The molecule has 2 aromatic carbocycles. The van der Waals surface area contributed by atoms with E-state index < -0.39 is 23.1 Å². The van der Waals surface area contributed by atoms with Crippen LogP contribution in [-0.2, 0) is 6.18 Å². The summed E-state index contributed by atoms with van der Waals surface area (Å²) in [6, 6.07) is 14.8. The number of aromatic hydroxyl groups is 1. The monoisotopic (exact) mass is 356 g/mol. The number of benzene rings is 2. The van der Waals surface area contributed by atoms with Crippen molar-refractivity contribution in [3.63, 3.8) is 0 Å². The molecule has 0 atom stereocenters. The van der Waals surface area contributed by atoms with Gasteiger partial charge in [0.2, 0.25) is 0 Å². The maximum Gasteiger partial charge on any atom is 0.420 e. The Bertz CT molecular complexity index is 993. The Labute approximate surface area is 148 Å². The molecule has 1 aromatic heterocycles. The molecule has 0 unspecified atom stereocenters. The molecule has 0 amide bonds. The van der Waals surface area contributed by atoms with Gasteiger partial charge in [-0.2, -0.15) is 18.4 Å². The highest BCUT2D eigenvalue weighted by atomic mass is 19.4. The molecule has 0 radical (unpaired) electrons. The molecule has 0 aliphatic rings. The topological polar surface area (TPSA) is 49.0 Å². The predicted molar refractivity (Wildman–Crippen MR) is 92.1 cm³/mol. The van der Waals surface area contributed by atoms with E-state index in [2.05, 4.69) is 0 Å². The second-order valence-corrected chi connectivity index (χ2v) is 5.97. The van der Waals surface area contributed by atoms with Crippen LogP contribution in [0.15, 0.2) is 48.5 Å². The number of phenols is 1. The number of aromatic nitrogens is 1. The minimum Gasteiger partial charge on any atom is -0.506 e. The Kier molecular flexibility index (Phi) is 4.25. The quantitative estimate of drug-likeness (QED) is 0.672. The van der Waals surface area contributed by atoms with Crippen LogP contribution >= 0.6 is 0 Å². The highest BCUT2D eigenvalue weighted by Gasteiger charge is 2.37. The summed E-state index contributed by atoms with van der Waals surface area (Å²) in [5.41, 5.74) is 0.863. The van der Waals surface area contributed by atoms with E-state index >= 15 is 0 Å². The van der Waals surface area contributed by atoms with Gasteiger partial charge in [-0.25, -0.2) is 0 Å². The van der Waals surface area contributed by atoms with E-state index in [1.807, 2.05) is 0 Å². The lowest BCUT2D eigenvalue weighted by molar-refractivity contribution is -0.138. The van der Waals surface area contributed by atoms with Gasteiger partial charge in [0.25, 0.3) is 0 Å². The molecule has 3 aromatic rings. The lowest BCUT2D eigenvalue weighted by Crippen LogP contribution is -2.11. The van der Waals surface area contributed by atoms with Crippen molar-refractivity contribution >= 4 is 0 Å². The van der Waals surface area contributed by atoms with Crippen LogP contribution in [0.25, 0.3) is 16.8 Å². The van der Waals surface area contributed by atoms with Crippen molar-refractivity contribution in [2.75, 3.05) is 0 Å². The van der Waals surface area contributed by atoms with E-state index in [1.165, 1.54) is 0 Å². The van der Waals surface area contributed by atoms with E-state index in [4.69, 9.17) is 0 Å². The molecule has 0 saturated carbocycles. The fourth-order valence-electron chi connectivity index (χ4n) is 3.08. The minimum absolute atomic E-state index is 0.231. The maximum absolute atomic E-state index is 13.4. The summed E-state index contributed by atoms with van der Waals surface area (Å²) < 4.78 is 41.9. The van der Waals surface area contributed by atoms with Gasteiger partial charge in [0, 0.05) is 17.0 Å². The Balaban J connectivity index is 2.50. The van der Waals surface area contributed by atoms with E-state index in [0.717, 1.165) is 17.5 Å². The summed E-state index contributed by atoms with van der Waals surface area (Å²) in [4.78, 5) is 0. The van der Waals surface area contributed by atoms with Gasteiger partial charge in [-0.05, 0) is 37.6 Å². The molecule has 132 valence electrons. The van der Waals surface area contributed by atoms with Crippen molar-refractivity contribution in [2.24, 2.45) is 0 Å². The number of hydrogen-bond donors (Lipinski definition) is 1. The summed E-state index contributed by atoms with van der Waals surface area (Å²) in [7, 11) is 0. The zero-order valence-corrected chi connectivity index (χ0v) is 14.1. The Hall–Kier alpha value is -3.20. The highest BCUT2D eigenvalue weighted by molar-refractivity contribution is 5.81. The normalized spacial score (nSPS) is 11.4. The van der Waals surface area contributed by atoms with Gasteiger partial charge < -0.3 is 9.67 Å². The van der Waals surface area contributed by atoms with E-state index in [0.29, 0.717) is 5.56 Å². The molecule has 1 N–H and O–H groups in total. The van der Waals surface area contributed by atoms with Gasteiger partial charge in [-0.3, -0.25) is 0 Å². The molecule has 0 fully saturated rings. The molecular weight excluding hydrogens is 341 g/mol. The maximum atomic E-state index is 13.4.